The van der Waals surface area contributed by atoms with E-state index in [0.29, 0.717) is 18.4 Å². The second-order valence-corrected chi connectivity index (χ2v) is 10.5. The summed E-state index contributed by atoms with van der Waals surface area (Å²) >= 11 is 0. The van der Waals surface area contributed by atoms with Gasteiger partial charge in [0.2, 0.25) is 11.8 Å². The molecule has 3 saturated heterocycles. The quantitative estimate of drug-likeness (QED) is 0.691. The minimum atomic E-state index is -0.781. The van der Waals surface area contributed by atoms with Crippen LogP contribution in [0.2, 0.25) is 0 Å². The Balaban J connectivity index is 1.63. The minimum absolute atomic E-state index is 0.00801. The Morgan fingerprint density at radius 2 is 1.93 bits per heavy atom. The fourth-order valence-electron chi connectivity index (χ4n) is 6.26. The van der Waals surface area contributed by atoms with Gasteiger partial charge in [-0.2, -0.15) is 0 Å². The zero-order valence-electron chi connectivity index (χ0n) is 18.9. The molecule has 3 heterocycles. The van der Waals surface area contributed by atoms with Gasteiger partial charge in [-0.05, 0) is 36.2 Å². The highest BCUT2D eigenvalue weighted by Gasteiger charge is 2.70. The van der Waals surface area contributed by atoms with Crippen molar-refractivity contribution in [2.75, 3.05) is 13.1 Å². The van der Waals surface area contributed by atoms with E-state index >= 15 is 0 Å². The summed E-state index contributed by atoms with van der Waals surface area (Å²) in [7, 11) is 0. The molecule has 0 spiro atoms. The SMILES string of the molecule is CC(C)CCC1C2CC3CN(CC(C)C)C1C3(C(=O)NCc1ccccc1)NC2=O. The molecule has 30 heavy (non-hydrogen) atoms. The van der Waals surface area contributed by atoms with Crippen LogP contribution in [0.5, 0.6) is 0 Å². The molecule has 1 saturated carbocycles. The zero-order valence-corrected chi connectivity index (χ0v) is 18.9. The number of hydrogen-bond acceptors (Lipinski definition) is 3. The van der Waals surface area contributed by atoms with E-state index < -0.39 is 5.54 Å². The number of piperidine rings is 2. The number of carbonyl (C=O) groups is 2. The van der Waals surface area contributed by atoms with Crippen LogP contribution in [0.3, 0.4) is 0 Å². The summed E-state index contributed by atoms with van der Waals surface area (Å²) in [5, 5.41) is 6.44. The zero-order chi connectivity index (χ0) is 21.5. The van der Waals surface area contributed by atoms with E-state index in [1.807, 2.05) is 30.3 Å². The van der Waals surface area contributed by atoms with E-state index in [2.05, 4.69) is 43.2 Å². The fourth-order valence-corrected chi connectivity index (χ4v) is 6.26. The lowest BCUT2D eigenvalue weighted by atomic mass is 9.58. The number of nitrogens with one attached hydrogen (secondary N) is 2. The Morgan fingerprint density at radius 1 is 1.20 bits per heavy atom. The van der Waals surface area contributed by atoms with Gasteiger partial charge in [-0.25, -0.2) is 0 Å². The van der Waals surface area contributed by atoms with Crippen LogP contribution in [0.25, 0.3) is 0 Å². The molecule has 164 valence electrons. The third-order valence-electron chi connectivity index (χ3n) is 7.44. The van der Waals surface area contributed by atoms with Crippen molar-refractivity contribution in [3.05, 3.63) is 35.9 Å². The molecular weight excluding hydrogens is 374 g/mol. The molecule has 5 atom stereocenters. The molecule has 2 amide bonds. The van der Waals surface area contributed by atoms with E-state index in [1.165, 1.54) is 0 Å². The highest BCUT2D eigenvalue weighted by atomic mass is 16.2. The Hall–Kier alpha value is -1.88. The van der Waals surface area contributed by atoms with E-state index in [0.717, 1.165) is 37.9 Å². The highest BCUT2D eigenvalue weighted by Crippen LogP contribution is 2.54. The van der Waals surface area contributed by atoms with Crippen LogP contribution >= 0.6 is 0 Å². The molecule has 1 aromatic rings. The summed E-state index contributed by atoms with van der Waals surface area (Å²) in [6.45, 7) is 11.4. The monoisotopic (exact) mass is 411 g/mol. The van der Waals surface area contributed by atoms with Crippen molar-refractivity contribution in [3.63, 3.8) is 0 Å². The van der Waals surface area contributed by atoms with Gasteiger partial charge < -0.3 is 10.6 Å². The van der Waals surface area contributed by atoms with Crippen molar-refractivity contribution >= 4 is 11.8 Å². The van der Waals surface area contributed by atoms with E-state index in [1.54, 1.807) is 0 Å². The Morgan fingerprint density at radius 3 is 2.60 bits per heavy atom. The van der Waals surface area contributed by atoms with Gasteiger partial charge >= 0.3 is 0 Å². The molecule has 5 heteroatoms. The molecule has 1 aliphatic carbocycles. The van der Waals surface area contributed by atoms with Crippen LogP contribution < -0.4 is 10.6 Å². The Kier molecular flexibility index (Phi) is 5.93. The summed E-state index contributed by atoms with van der Waals surface area (Å²) in [6, 6.07) is 10.1. The predicted octanol–water partition coefficient (Wildman–Crippen LogP) is 3.20. The lowest BCUT2D eigenvalue weighted by molar-refractivity contribution is -0.154. The predicted molar refractivity (Wildman–Crippen MR) is 119 cm³/mol. The number of carbonyl (C=O) groups excluding carboxylic acids is 2. The summed E-state index contributed by atoms with van der Waals surface area (Å²) in [6.07, 6.45) is 2.97. The molecule has 4 bridgehead atoms. The number of hydrogen-bond donors (Lipinski definition) is 2. The number of benzene rings is 1. The number of nitrogens with zero attached hydrogens (tertiary/aromatic N) is 1. The third kappa shape index (κ3) is 3.66. The number of fused-ring (bicyclic) bond motifs is 1. The van der Waals surface area contributed by atoms with Crippen molar-refractivity contribution in [1.29, 1.82) is 0 Å². The van der Waals surface area contributed by atoms with Gasteiger partial charge in [-0.15, -0.1) is 0 Å². The average Bonchev–Trinajstić information content (AvgIpc) is 2.91. The van der Waals surface area contributed by atoms with Crippen LogP contribution in [-0.4, -0.2) is 41.4 Å². The van der Waals surface area contributed by atoms with Crippen LogP contribution in [-0.2, 0) is 16.1 Å². The molecule has 5 unspecified atom stereocenters. The first-order chi connectivity index (χ1) is 14.3. The summed E-state index contributed by atoms with van der Waals surface area (Å²) in [5.41, 5.74) is 0.303. The van der Waals surface area contributed by atoms with Gasteiger partial charge in [0.05, 0.1) is 0 Å². The smallest absolute Gasteiger partial charge is 0.248 e. The van der Waals surface area contributed by atoms with Gasteiger partial charge in [0.25, 0.3) is 0 Å². The van der Waals surface area contributed by atoms with E-state index in [9.17, 15) is 9.59 Å². The largest absolute Gasteiger partial charge is 0.350 e. The molecule has 5 rings (SSSR count). The van der Waals surface area contributed by atoms with Crippen molar-refractivity contribution in [1.82, 2.24) is 15.5 Å². The van der Waals surface area contributed by atoms with Crippen molar-refractivity contribution in [2.45, 2.75) is 65.1 Å². The van der Waals surface area contributed by atoms with Gasteiger partial charge in [-0.3, -0.25) is 14.5 Å². The summed E-state index contributed by atoms with van der Waals surface area (Å²) in [4.78, 5) is 29.3. The first-order valence-electron chi connectivity index (χ1n) is 11.7. The molecule has 1 aromatic carbocycles. The molecule has 0 radical (unpaired) electrons. The van der Waals surface area contributed by atoms with Crippen molar-refractivity contribution in [2.24, 2.45) is 29.6 Å². The minimum Gasteiger partial charge on any atom is -0.350 e. The number of likely N-dealkylation sites (tertiary alicyclic amines) is 1. The fraction of sp³-hybridized carbons (Fsp3) is 0.680. The highest BCUT2D eigenvalue weighted by molar-refractivity contribution is 5.97. The van der Waals surface area contributed by atoms with E-state index in [-0.39, 0.29) is 35.6 Å². The van der Waals surface area contributed by atoms with Gasteiger partial charge in [0, 0.05) is 37.5 Å². The normalized spacial score (nSPS) is 32.7. The lowest BCUT2D eigenvalue weighted by Crippen LogP contribution is -2.77. The molecule has 0 aromatic heterocycles. The average molecular weight is 412 g/mol. The van der Waals surface area contributed by atoms with Crippen LogP contribution in [0.4, 0.5) is 0 Å². The molecular formula is C25H37N3O2. The molecule has 5 nitrogen and oxygen atoms in total. The number of amides is 2. The summed E-state index contributed by atoms with van der Waals surface area (Å²) < 4.78 is 0. The Bertz CT molecular complexity index is 778. The van der Waals surface area contributed by atoms with Crippen molar-refractivity contribution < 1.29 is 9.59 Å². The third-order valence-corrected chi connectivity index (χ3v) is 7.44. The van der Waals surface area contributed by atoms with Crippen LogP contribution in [0.1, 0.15) is 52.5 Å². The second kappa shape index (κ2) is 8.33. The first kappa shape index (κ1) is 21.4. The maximum Gasteiger partial charge on any atom is 0.248 e. The molecule has 4 fully saturated rings. The summed E-state index contributed by atoms with van der Waals surface area (Å²) in [5.74, 6) is 1.77. The van der Waals surface area contributed by atoms with E-state index in [4.69, 9.17) is 0 Å². The lowest BCUT2D eigenvalue weighted by Gasteiger charge is -2.55. The number of rotatable bonds is 8. The molecule has 2 N–H and O–H groups in total. The molecule has 4 aliphatic rings. The molecule has 3 aliphatic heterocycles. The maximum atomic E-state index is 13.7. The van der Waals surface area contributed by atoms with Crippen LogP contribution in [0.15, 0.2) is 30.3 Å². The first-order valence-corrected chi connectivity index (χ1v) is 11.7. The Labute approximate surface area is 181 Å². The van der Waals surface area contributed by atoms with Gasteiger partial charge in [0.15, 0.2) is 0 Å². The topological polar surface area (TPSA) is 61.4 Å². The maximum absolute atomic E-state index is 13.7. The van der Waals surface area contributed by atoms with Gasteiger partial charge in [0.1, 0.15) is 5.54 Å². The van der Waals surface area contributed by atoms with Crippen LogP contribution in [0, 0.1) is 29.6 Å². The standard InChI is InChI=1S/C25H37N3O2/c1-16(2)10-11-20-21-12-19-15-28(14-17(3)4)22(20)25(19,27-23(21)29)24(30)26-13-18-8-6-5-7-9-18/h5-9,16-17,19-22H,10-15H2,1-4H3,(H,26,30)(H,27,29). The van der Waals surface area contributed by atoms with Gasteiger partial charge in [-0.1, -0.05) is 64.4 Å². The van der Waals surface area contributed by atoms with Crippen molar-refractivity contribution in [3.8, 4) is 0 Å². The second-order valence-electron chi connectivity index (χ2n) is 10.5.